The molecule has 122 valence electrons. The van der Waals surface area contributed by atoms with Crippen molar-refractivity contribution < 1.29 is 17.9 Å². The van der Waals surface area contributed by atoms with Crippen LogP contribution in [0.4, 0.5) is 5.69 Å². The number of morpholine rings is 1. The molecule has 1 N–H and O–H groups in total. The molecule has 1 fully saturated rings. The number of aryl methyl sites for hydroxylation is 1. The van der Waals surface area contributed by atoms with Gasteiger partial charge in [0.2, 0.25) is 15.9 Å². The highest BCUT2D eigenvalue weighted by atomic mass is 32.2. The lowest BCUT2D eigenvalue weighted by Crippen LogP contribution is -2.40. The zero-order chi connectivity index (χ0) is 16.3. The lowest BCUT2D eigenvalue weighted by molar-refractivity contribution is -0.118. The van der Waals surface area contributed by atoms with Gasteiger partial charge < -0.3 is 10.1 Å². The fourth-order valence-corrected chi connectivity index (χ4v) is 3.83. The molecule has 6 nitrogen and oxygen atoms in total. The molecule has 1 aliphatic rings. The quantitative estimate of drug-likeness (QED) is 0.912. The Balaban J connectivity index is 2.31. The molecular formula is C15H22N2O4S. The van der Waals surface area contributed by atoms with Crippen molar-refractivity contribution in [3.8, 4) is 0 Å². The van der Waals surface area contributed by atoms with Crippen LogP contribution in [0.1, 0.15) is 19.4 Å². The van der Waals surface area contributed by atoms with Gasteiger partial charge in [-0.05, 0) is 24.6 Å². The Morgan fingerprint density at radius 3 is 2.50 bits per heavy atom. The zero-order valence-corrected chi connectivity index (χ0v) is 13.9. The maximum Gasteiger partial charge on any atom is 0.243 e. The van der Waals surface area contributed by atoms with Crippen LogP contribution in [0.5, 0.6) is 0 Å². The second-order valence-electron chi connectivity index (χ2n) is 5.64. The molecule has 0 atom stereocenters. The summed E-state index contributed by atoms with van der Waals surface area (Å²) in [7, 11) is -3.57. The van der Waals surface area contributed by atoms with E-state index in [0.717, 1.165) is 0 Å². The third-order valence-corrected chi connectivity index (χ3v) is 5.61. The maximum absolute atomic E-state index is 12.7. The maximum atomic E-state index is 12.7. The van der Waals surface area contributed by atoms with E-state index in [4.69, 9.17) is 4.74 Å². The first-order valence-electron chi connectivity index (χ1n) is 7.32. The number of nitrogens with one attached hydrogen (secondary N) is 1. The van der Waals surface area contributed by atoms with Crippen molar-refractivity contribution in [1.29, 1.82) is 0 Å². The number of hydrogen-bond donors (Lipinski definition) is 1. The Bertz CT molecular complexity index is 650. The van der Waals surface area contributed by atoms with Gasteiger partial charge >= 0.3 is 0 Å². The number of rotatable bonds is 4. The molecule has 1 amide bonds. The van der Waals surface area contributed by atoms with Crippen LogP contribution >= 0.6 is 0 Å². The molecule has 0 unspecified atom stereocenters. The smallest absolute Gasteiger partial charge is 0.243 e. The molecule has 1 heterocycles. The van der Waals surface area contributed by atoms with Gasteiger partial charge in [0, 0.05) is 24.7 Å². The van der Waals surface area contributed by atoms with Crippen LogP contribution in [0.15, 0.2) is 23.1 Å². The van der Waals surface area contributed by atoms with Crippen molar-refractivity contribution in [3.63, 3.8) is 0 Å². The number of carbonyl (C=O) groups excluding carboxylic acids is 1. The standard InChI is InChI=1S/C15H22N2O4S/c1-11(2)15(18)16-13-5-4-12(3)14(10-13)22(19,20)17-6-8-21-9-7-17/h4-5,10-11H,6-9H2,1-3H3,(H,16,18). The number of sulfonamides is 1. The van der Waals surface area contributed by atoms with E-state index in [0.29, 0.717) is 37.6 Å². The Hall–Kier alpha value is -1.44. The fourth-order valence-electron chi connectivity index (χ4n) is 2.17. The molecule has 2 rings (SSSR count). The first-order chi connectivity index (χ1) is 10.3. The van der Waals surface area contributed by atoms with E-state index in [9.17, 15) is 13.2 Å². The third-order valence-electron chi connectivity index (χ3n) is 3.57. The largest absolute Gasteiger partial charge is 0.379 e. The molecule has 0 bridgehead atoms. The minimum absolute atomic E-state index is 0.140. The molecule has 1 aromatic rings. The van der Waals surface area contributed by atoms with Gasteiger partial charge in [-0.1, -0.05) is 19.9 Å². The predicted molar refractivity (Wildman–Crippen MR) is 84.2 cm³/mol. The lowest BCUT2D eigenvalue weighted by atomic mass is 10.2. The van der Waals surface area contributed by atoms with Crippen molar-refractivity contribution >= 4 is 21.6 Å². The summed E-state index contributed by atoms with van der Waals surface area (Å²) < 4.78 is 32.1. The predicted octanol–water partition coefficient (Wildman–Crippen LogP) is 1.61. The highest BCUT2D eigenvalue weighted by molar-refractivity contribution is 7.89. The van der Waals surface area contributed by atoms with Crippen LogP contribution in [0.25, 0.3) is 0 Å². The topological polar surface area (TPSA) is 75.7 Å². The van der Waals surface area contributed by atoms with Gasteiger partial charge in [-0.2, -0.15) is 4.31 Å². The monoisotopic (exact) mass is 326 g/mol. The summed E-state index contributed by atoms with van der Waals surface area (Å²) >= 11 is 0. The first kappa shape index (κ1) is 16.9. The number of hydrogen-bond acceptors (Lipinski definition) is 4. The number of carbonyl (C=O) groups is 1. The van der Waals surface area contributed by atoms with Gasteiger partial charge in [0.25, 0.3) is 0 Å². The summed E-state index contributed by atoms with van der Waals surface area (Å²) in [5.41, 5.74) is 1.16. The number of benzene rings is 1. The van der Waals surface area contributed by atoms with Crippen LogP contribution in [-0.4, -0.2) is 44.9 Å². The summed E-state index contributed by atoms with van der Waals surface area (Å²) in [5, 5.41) is 2.74. The Morgan fingerprint density at radius 1 is 1.27 bits per heavy atom. The Kier molecular flexibility index (Phi) is 5.20. The van der Waals surface area contributed by atoms with Gasteiger partial charge in [-0.3, -0.25) is 4.79 Å². The number of amides is 1. The minimum atomic E-state index is -3.57. The molecule has 22 heavy (non-hydrogen) atoms. The average molecular weight is 326 g/mol. The lowest BCUT2D eigenvalue weighted by Gasteiger charge is -2.27. The van der Waals surface area contributed by atoms with Crippen molar-refractivity contribution in [2.45, 2.75) is 25.7 Å². The molecule has 1 aromatic carbocycles. The summed E-state index contributed by atoms with van der Waals surface area (Å²) in [5.74, 6) is -0.306. The average Bonchev–Trinajstić information content (AvgIpc) is 2.49. The van der Waals surface area contributed by atoms with E-state index >= 15 is 0 Å². The van der Waals surface area contributed by atoms with E-state index < -0.39 is 10.0 Å². The number of anilines is 1. The van der Waals surface area contributed by atoms with Gasteiger partial charge in [0.15, 0.2) is 0 Å². The number of nitrogens with zero attached hydrogens (tertiary/aromatic N) is 1. The van der Waals surface area contributed by atoms with E-state index in [1.54, 1.807) is 32.9 Å². The van der Waals surface area contributed by atoms with E-state index in [1.165, 1.54) is 10.4 Å². The molecule has 1 saturated heterocycles. The summed E-state index contributed by atoms with van der Waals surface area (Å²) in [6, 6.07) is 4.96. The van der Waals surface area contributed by atoms with Crippen molar-refractivity contribution in [2.75, 3.05) is 31.6 Å². The number of ether oxygens (including phenoxy) is 1. The summed E-state index contributed by atoms with van der Waals surface area (Å²) in [6.45, 7) is 6.84. The third kappa shape index (κ3) is 3.66. The van der Waals surface area contributed by atoms with E-state index in [1.807, 2.05) is 0 Å². The van der Waals surface area contributed by atoms with Gasteiger partial charge in [-0.25, -0.2) is 8.42 Å². The highest BCUT2D eigenvalue weighted by Gasteiger charge is 2.28. The SMILES string of the molecule is Cc1ccc(NC(=O)C(C)C)cc1S(=O)(=O)N1CCOCC1. The molecule has 0 radical (unpaired) electrons. The molecule has 7 heteroatoms. The van der Waals surface area contributed by atoms with Crippen LogP contribution in [-0.2, 0) is 19.6 Å². The van der Waals surface area contributed by atoms with E-state index in [-0.39, 0.29) is 16.7 Å². The molecule has 0 aliphatic carbocycles. The minimum Gasteiger partial charge on any atom is -0.379 e. The van der Waals surface area contributed by atoms with Crippen LogP contribution in [0, 0.1) is 12.8 Å². The molecule has 1 aliphatic heterocycles. The van der Waals surface area contributed by atoms with Crippen molar-refractivity contribution in [3.05, 3.63) is 23.8 Å². The van der Waals surface area contributed by atoms with E-state index in [2.05, 4.69) is 5.32 Å². The first-order valence-corrected chi connectivity index (χ1v) is 8.76. The second kappa shape index (κ2) is 6.76. The Labute approximate surface area is 131 Å². The second-order valence-corrected chi connectivity index (χ2v) is 7.55. The fraction of sp³-hybridized carbons (Fsp3) is 0.533. The molecular weight excluding hydrogens is 304 g/mol. The normalized spacial score (nSPS) is 16.7. The Morgan fingerprint density at radius 2 is 1.91 bits per heavy atom. The van der Waals surface area contributed by atoms with Crippen molar-refractivity contribution in [1.82, 2.24) is 4.31 Å². The zero-order valence-electron chi connectivity index (χ0n) is 13.1. The molecule has 0 aromatic heterocycles. The van der Waals surface area contributed by atoms with Crippen molar-refractivity contribution in [2.24, 2.45) is 5.92 Å². The van der Waals surface area contributed by atoms with Gasteiger partial charge in [0.05, 0.1) is 18.1 Å². The molecule has 0 spiro atoms. The van der Waals surface area contributed by atoms with Crippen LogP contribution in [0.2, 0.25) is 0 Å². The summed E-state index contributed by atoms with van der Waals surface area (Å²) in [6.07, 6.45) is 0. The van der Waals surface area contributed by atoms with Crippen LogP contribution < -0.4 is 5.32 Å². The van der Waals surface area contributed by atoms with Gasteiger partial charge in [0.1, 0.15) is 0 Å². The van der Waals surface area contributed by atoms with Crippen LogP contribution in [0.3, 0.4) is 0 Å². The highest BCUT2D eigenvalue weighted by Crippen LogP contribution is 2.24. The summed E-state index contributed by atoms with van der Waals surface area (Å²) in [4.78, 5) is 12.0. The van der Waals surface area contributed by atoms with Gasteiger partial charge in [-0.15, -0.1) is 0 Å². The molecule has 0 saturated carbocycles.